The Labute approximate surface area is 192 Å². The SMILES string of the molecule is COCCOc1cc(NC(=O)C2Cc3ccccc3CN2C(=O)c2ccco2)ccc1OC. The van der Waals surface area contributed by atoms with Gasteiger partial charge in [0.15, 0.2) is 17.3 Å². The summed E-state index contributed by atoms with van der Waals surface area (Å²) in [5.74, 6) is 0.617. The zero-order valence-corrected chi connectivity index (χ0v) is 18.6. The molecule has 1 unspecified atom stereocenters. The lowest BCUT2D eigenvalue weighted by atomic mass is 9.93. The fourth-order valence-electron chi connectivity index (χ4n) is 3.84. The summed E-state index contributed by atoms with van der Waals surface area (Å²) in [4.78, 5) is 28.0. The van der Waals surface area contributed by atoms with Crippen molar-refractivity contribution in [3.05, 3.63) is 77.7 Å². The van der Waals surface area contributed by atoms with E-state index in [-0.39, 0.29) is 17.6 Å². The first-order valence-corrected chi connectivity index (χ1v) is 10.6. The van der Waals surface area contributed by atoms with Crippen molar-refractivity contribution in [3.63, 3.8) is 0 Å². The summed E-state index contributed by atoms with van der Waals surface area (Å²) in [6, 6.07) is 15.5. The van der Waals surface area contributed by atoms with Crippen LogP contribution in [0.5, 0.6) is 11.5 Å². The van der Waals surface area contributed by atoms with E-state index < -0.39 is 6.04 Å². The van der Waals surface area contributed by atoms with Crippen LogP contribution in [-0.4, -0.2) is 50.2 Å². The number of benzene rings is 2. The fourth-order valence-corrected chi connectivity index (χ4v) is 3.84. The topological polar surface area (TPSA) is 90.2 Å². The van der Waals surface area contributed by atoms with Gasteiger partial charge in [0.05, 0.1) is 20.0 Å². The quantitative estimate of drug-likeness (QED) is 0.528. The first kappa shape index (κ1) is 22.4. The number of ether oxygens (including phenoxy) is 3. The maximum absolute atomic E-state index is 13.4. The molecule has 33 heavy (non-hydrogen) atoms. The summed E-state index contributed by atoms with van der Waals surface area (Å²) in [7, 11) is 3.14. The average Bonchev–Trinajstić information content (AvgIpc) is 3.38. The molecule has 2 aromatic carbocycles. The first-order valence-electron chi connectivity index (χ1n) is 10.6. The van der Waals surface area contributed by atoms with Gasteiger partial charge in [-0.05, 0) is 35.4 Å². The van der Waals surface area contributed by atoms with Crippen LogP contribution in [0.3, 0.4) is 0 Å². The predicted molar refractivity (Wildman–Crippen MR) is 122 cm³/mol. The van der Waals surface area contributed by atoms with E-state index in [1.165, 1.54) is 6.26 Å². The number of fused-ring (bicyclic) bond motifs is 1. The van der Waals surface area contributed by atoms with Gasteiger partial charge in [-0.1, -0.05) is 24.3 Å². The van der Waals surface area contributed by atoms with Gasteiger partial charge in [0.25, 0.3) is 5.91 Å². The molecule has 0 saturated heterocycles. The molecule has 0 aliphatic carbocycles. The number of anilines is 1. The minimum Gasteiger partial charge on any atom is -0.493 e. The van der Waals surface area contributed by atoms with E-state index in [2.05, 4.69) is 5.32 Å². The monoisotopic (exact) mass is 450 g/mol. The highest BCUT2D eigenvalue weighted by molar-refractivity contribution is 6.00. The highest BCUT2D eigenvalue weighted by Crippen LogP contribution is 2.31. The Bertz CT molecular complexity index is 1110. The molecule has 4 rings (SSSR count). The molecule has 0 spiro atoms. The number of nitrogens with zero attached hydrogens (tertiary/aromatic N) is 1. The van der Waals surface area contributed by atoms with Crippen LogP contribution in [0.15, 0.2) is 65.3 Å². The van der Waals surface area contributed by atoms with Crippen LogP contribution in [0, 0.1) is 0 Å². The van der Waals surface area contributed by atoms with Crippen LogP contribution >= 0.6 is 0 Å². The number of amides is 2. The largest absolute Gasteiger partial charge is 0.493 e. The van der Waals surface area contributed by atoms with E-state index in [0.29, 0.717) is 43.4 Å². The van der Waals surface area contributed by atoms with E-state index in [1.54, 1.807) is 49.5 Å². The van der Waals surface area contributed by atoms with Crippen LogP contribution < -0.4 is 14.8 Å². The molecule has 1 aliphatic heterocycles. The van der Waals surface area contributed by atoms with E-state index in [4.69, 9.17) is 18.6 Å². The molecule has 8 nitrogen and oxygen atoms in total. The van der Waals surface area contributed by atoms with Gasteiger partial charge in [-0.25, -0.2) is 0 Å². The van der Waals surface area contributed by atoms with Crippen molar-refractivity contribution in [2.45, 2.75) is 19.0 Å². The van der Waals surface area contributed by atoms with Gasteiger partial charge in [0.1, 0.15) is 12.6 Å². The van der Waals surface area contributed by atoms with E-state index in [9.17, 15) is 9.59 Å². The molecule has 1 N–H and O–H groups in total. The minimum atomic E-state index is -0.697. The normalized spacial score (nSPS) is 15.0. The molecular formula is C25H26N2O6. The predicted octanol–water partition coefficient (Wildman–Crippen LogP) is 3.52. The second kappa shape index (κ2) is 10.2. The number of methoxy groups -OCH3 is 2. The van der Waals surface area contributed by atoms with Gasteiger partial charge < -0.3 is 28.8 Å². The smallest absolute Gasteiger partial charge is 0.290 e. The molecule has 0 radical (unpaired) electrons. The molecule has 2 amide bonds. The lowest BCUT2D eigenvalue weighted by molar-refractivity contribution is -0.121. The van der Waals surface area contributed by atoms with E-state index in [1.807, 2.05) is 24.3 Å². The van der Waals surface area contributed by atoms with Crippen LogP contribution in [0.1, 0.15) is 21.7 Å². The third-order valence-electron chi connectivity index (χ3n) is 5.52. The van der Waals surface area contributed by atoms with Crippen molar-refractivity contribution in [2.75, 3.05) is 32.8 Å². The van der Waals surface area contributed by atoms with Crippen LogP contribution in [0.25, 0.3) is 0 Å². The number of furan rings is 1. The Kier molecular flexibility index (Phi) is 6.95. The Balaban J connectivity index is 1.57. The van der Waals surface area contributed by atoms with Gasteiger partial charge in [-0.15, -0.1) is 0 Å². The summed E-state index contributed by atoms with van der Waals surface area (Å²) in [5.41, 5.74) is 2.59. The number of carbonyl (C=O) groups is 2. The molecule has 1 aromatic heterocycles. The van der Waals surface area contributed by atoms with Crippen molar-refractivity contribution in [1.29, 1.82) is 0 Å². The third kappa shape index (κ3) is 5.01. The molecule has 0 fully saturated rings. The number of hydrogen-bond donors (Lipinski definition) is 1. The van der Waals surface area contributed by atoms with Crippen molar-refractivity contribution in [3.8, 4) is 11.5 Å². The van der Waals surface area contributed by atoms with Crippen molar-refractivity contribution >= 4 is 17.5 Å². The number of carbonyl (C=O) groups excluding carboxylic acids is 2. The summed E-state index contributed by atoms with van der Waals surface area (Å²) >= 11 is 0. The third-order valence-corrected chi connectivity index (χ3v) is 5.52. The van der Waals surface area contributed by atoms with Crippen molar-refractivity contribution in [1.82, 2.24) is 4.90 Å². The number of nitrogens with one attached hydrogen (secondary N) is 1. The average molecular weight is 450 g/mol. The summed E-state index contributed by atoms with van der Waals surface area (Å²) in [6.45, 7) is 1.09. The lowest BCUT2D eigenvalue weighted by Crippen LogP contribution is -2.50. The zero-order valence-electron chi connectivity index (χ0n) is 18.6. The summed E-state index contributed by atoms with van der Waals surface area (Å²) < 4.78 is 21.4. The zero-order chi connectivity index (χ0) is 23.2. The Morgan fingerprint density at radius 3 is 2.58 bits per heavy atom. The van der Waals surface area contributed by atoms with Gasteiger partial charge in [-0.2, -0.15) is 0 Å². The summed E-state index contributed by atoms with van der Waals surface area (Å²) in [5, 5.41) is 2.92. The molecule has 0 saturated carbocycles. The Morgan fingerprint density at radius 1 is 1.03 bits per heavy atom. The molecule has 1 atom stereocenters. The van der Waals surface area contributed by atoms with Gasteiger partial charge in [0, 0.05) is 31.8 Å². The second-order valence-corrected chi connectivity index (χ2v) is 7.60. The molecule has 1 aliphatic rings. The molecule has 3 aromatic rings. The number of rotatable bonds is 8. The first-order chi connectivity index (χ1) is 16.1. The summed E-state index contributed by atoms with van der Waals surface area (Å²) in [6.07, 6.45) is 1.85. The van der Waals surface area contributed by atoms with Crippen molar-refractivity contribution in [2.24, 2.45) is 0 Å². The standard InChI is InChI=1S/C25H26N2O6/c1-30-12-13-33-23-15-19(9-10-21(23)31-2)26-24(28)20-14-17-6-3-4-7-18(17)16-27(20)25(29)22-8-5-11-32-22/h3-11,15,20H,12-14,16H2,1-2H3,(H,26,28). The molecule has 2 heterocycles. The van der Waals surface area contributed by atoms with Gasteiger partial charge in [-0.3, -0.25) is 9.59 Å². The minimum absolute atomic E-state index is 0.199. The van der Waals surface area contributed by atoms with Crippen LogP contribution in [0.2, 0.25) is 0 Å². The van der Waals surface area contributed by atoms with Gasteiger partial charge >= 0.3 is 0 Å². The van der Waals surface area contributed by atoms with E-state index >= 15 is 0 Å². The fraction of sp³-hybridized carbons (Fsp3) is 0.280. The lowest BCUT2D eigenvalue weighted by Gasteiger charge is -2.35. The molecule has 172 valence electrons. The molecule has 8 heteroatoms. The van der Waals surface area contributed by atoms with Crippen LogP contribution in [-0.2, 0) is 22.5 Å². The molecular weight excluding hydrogens is 424 g/mol. The van der Waals surface area contributed by atoms with Crippen molar-refractivity contribution < 1.29 is 28.2 Å². The Hall–Kier alpha value is -3.78. The Morgan fingerprint density at radius 2 is 1.85 bits per heavy atom. The second-order valence-electron chi connectivity index (χ2n) is 7.60. The maximum Gasteiger partial charge on any atom is 0.290 e. The highest BCUT2D eigenvalue weighted by atomic mass is 16.5. The van der Waals surface area contributed by atoms with Gasteiger partial charge in [0.2, 0.25) is 5.91 Å². The maximum atomic E-state index is 13.4. The molecule has 0 bridgehead atoms. The van der Waals surface area contributed by atoms with E-state index in [0.717, 1.165) is 11.1 Å². The highest BCUT2D eigenvalue weighted by Gasteiger charge is 2.36. The van der Waals surface area contributed by atoms with Crippen LogP contribution in [0.4, 0.5) is 5.69 Å². The number of hydrogen-bond acceptors (Lipinski definition) is 6.